The van der Waals surface area contributed by atoms with Crippen LogP contribution in [0.2, 0.25) is 0 Å². The van der Waals surface area contributed by atoms with Gasteiger partial charge in [0.1, 0.15) is 11.5 Å². The first kappa shape index (κ1) is 21.8. The molecule has 0 amide bonds. The highest BCUT2D eigenvalue weighted by Crippen LogP contribution is 2.32. The van der Waals surface area contributed by atoms with Gasteiger partial charge in [-0.25, -0.2) is 13.2 Å². The molecule has 3 heterocycles. The second-order valence-corrected chi connectivity index (χ2v) is 10.00. The number of rotatable bonds is 6. The maximum atomic E-state index is 13.5. The fourth-order valence-corrected chi connectivity index (χ4v) is 5.95. The summed E-state index contributed by atoms with van der Waals surface area (Å²) in [5.74, 6) is -0.550. The number of aromatic nitrogens is 1. The van der Waals surface area contributed by atoms with Crippen molar-refractivity contribution in [1.29, 1.82) is 0 Å². The van der Waals surface area contributed by atoms with Crippen molar-refractivity contribution in [3.8, 4) is 0 Å². The SMILES string of the molecule is O=C(OCc1ccccn1)c1ccc(N2CCCCC2)c(S(=O)(=O)N2CCCCC2)c1. The lowest BCUT2D eigenvalue weighted by Crippen LogP contribution is -2.37. The van der Waals surface area contributed by atoms with E-state index in [1.165, 1.54) is 6.07 Å². The Labute approximate surface area is 184 Å². The number of carbonyl (C=O) groups excluding carboxylic acids is 1. The second kappa shape index (κ2) is 9.78. The van der Waals surface area contributed by atoms with Crippen LogP contribution >= 0.6 is 0 Å². The van der Waals surface area contributed by atoms with Gasteiger partial charge in [0.2, 0.25) is 10.0 Å². The van der Waals surface area contributed by atoms with Gasteiger partial charge in [0.25, 0.3) is 0 Å². The summed E-state index contributed by atoms with van der Waals surface area (Å²) in [6.07, 6.45) is 7.65. The summed E-state index contributed by atoms with van der Waals surface area (Å²) in [4.78, 5) is 19.2. The number of ether oxygens (including phenoxy) is 1. The van der Waals surface area contributed by atoms with E-state index in [-0.39, 0.29) is 17.1 Å². The third-order valence-electron chi connectivity index (χ3n) is 5.90. The molecule has 0 radical (unpaired) electrons. The van der Waals surface area contributed by atoms with E-state index in [9.17, 15) is 13.2 Å². The molecule has 1 aromatic heterocycles. The van der Waals surface area contributed by atoms with E-state index in [4.69, 9.17) is 4.74 Å². The van der Waals surface area contributed by atoms with Crippen molar-refractivity contribution in [1.82, 2.24) is 9.29 Å². The minimum absolute atomic E-state index is 0.0434. The number of anilines is 1. The number of piperidine rings is 2. The molecule has 166 valence electrons. The smallest absolute Gasteiger partial charge is 0.338 e. The highest BCUT2D eigenvalue weighted by atomic mass is 32.2. The first-order valence-electron chi connectivity index (χ1n) is 11.0. The maximum Gasteiger partial charge on any atom is 0.338 e. The number of pyridine rings is 1. The van der Waals surface area contributed by atoms with Crippen molar-refractivity contribution in [3.05, 3.63) is 53.9 Å². The van der Waals surface area contributed by atoms with Gasteiger partial charge in [0.05, 0.1) is 16.9 Å². The van der Waals surface area contributed by atoms with Crippen LogP contribution in [0.1, 0.15) is 54.6 Å². The van der Waals surface area contributed by atoms with E-state index < -0.39 is 16.0 Å². The van der Waals surface area contributed by atoms with Crippen molar-refractivity contribution in [3.63, 3.8) is 0 Å². The average molecular weight is 444 g/mol. The first-order chi connectivity index (χ1) is 15.1. The molecule has 0 atom stereocenters. The third kappa shape index (κ3) is 5.07. The lowest BCUT2D eigenvalue weighted by molar-refractivity contribution is 0.0467. The zero-order chi connectivity index (χ0) is 21.7. The van der Waals surface area contributed by atoms with Crippen molar-refractivity contribution in [2.45, 2.75) is 50.0 Å². The molecule has 2 aliphatic rings. The molecule has 7 nitrogen and oxygen atoms in total. The van der Waals surface area contributed by atoms with Crippen LogP contribution in [-0.4, -0.2) is 49.9 Å². The van der Waals surface area contributed by atoms with Crippen LogP contribution in [0.15, 0.2) is 47.5 Å². The van der Waals surface area contributed by atoms with Crippen LogP contribution in [0.4, 0.5) is 5.69 Å². The lowest BCUT2D eigenvalue weighted by atomic mass is 10.1. The number of carbonyl (C=O) groups is 1. The summed E-state index contributed by atoms with van der Waals surface area (Å²) in [7, 11) is -3.69. The van der Waals surface area contributed by atoms with Crippen LogP contribution in [0.5, 0.6) is 0 Å². The maximum absolute atomic E-state index is 13.5. The second-order valence-electron chi connectivity index (χ2n) is 8.09. The average Bonchev–Trinajstić information content (AvgIpc) is 2.84. The van der Waals surface area contributed by atoms with Gasteiger partial charge in [-0.2, -0.15) is 4.31 Å². The minimum Gasteiger partial charge on any atom is -0.456 e. The van der Waals surface area contributed by atoms with E-state index in [0.717, 1.165) is 51.6 Å². The van der Waals surface area contributed by atoms with E-state index in [2.05, 4.69) is 9.88 Å². The lowest BCUT2D eigenvalue weighted by Gasteiger charge is -2.33. The predicted molar refractivity (Wildman–Crippen MR) is 118 cm³/mol. The Kier molecular flexibility index (Phi) is 6.87. The third-order valence-corrected chi connectivity index (χ3v) is 7.83. The van der Waals surface area contributed by atoms with Crippen molar-refractivity contribution >= 4 is 21.7 Å². The van der Waals surface area contributed by atoms with Gasteiger partial charge in [0.15, 0.2) is 0 Å². The number of benzene rings is 1. The number of hydrogen-bond donors (Lipinski definition) is 0. The summed E-state index contributed by atoms with van der Waals surface area (Å²) in [6.45, 7) is 2.74. The van der Waals surface area contributed by atoms with Gasteiger partial charge in [-0.05, 0) is 62.4 Å². The van der Waals surface area contributed by atoms with Crippen molar-refractivity contribution in [2.75, 3.05) is 31.1 Å². The summed E-state index contributed by atoms with van der Waals surface area (Å²) in [5, 5.41) is 0. The van der Waals surface area contributed by atoms with Gasteiger partial charge in [0, 0.05) is 32.4 Å². The van der Waals surface area contributed by atoms with E-state index >= 15 is 0 Å². The normalized spacial score (nSPS) is 18.0. The molecule has 0 N–H and O–H groups in total. The monoisotopic (exact) mass is 443 g/mol. The van der Waals surface area contributed by atoms with Crippen LogP contribution in [0, 0.1) is 0 Å². The highest BCUT2D eigenvalue weighted by molar-refractivity contribution is 7.89. The van der Waals surface area contributed by atoms with Gasteiger partial charge >= 0.3 is 5.97 Å². The molecule has 2 saturated heterocycles. The summed E-state index contributed by atoms with van der Waals surface area (Å²) in [5.41, 5.74) is 1.57. The molecule has 0 spiro atoms. The number of sulfonamides is 1. The van der Waals surface area contributed by atoms with Gasteiger partial charge < -0.3 is 9.64 Å². The zero-order valence-corrected chi connectivity index (χ0v) is 18.5. The van der Waals surface area contributed by atoms with Gasteiger partial charge in [-0.1, -0.05) is 12.5 Å². The summed E-state index contributed by atoms with van der Waals surface area (Å²) >= 11 is 0. The van der Waals surface area contributed by atoms with Gasteiger partial charge in [-0.3, -0.25) is 4.98 Å². The molecule has 0 unspecified atom stereocenters. The van der Waals surface area contributed by atoms with E-state index in [1.807, 2.05) is 6.07 Å². The molecule has 0 aliphatic carbocycles. The number of nitrogens with zero attached hydrogens (tertiary/aromatic N) is 3. The quantitative estimate of drug-likeness (QED) is 0.635. The fourth-order valence-electron chi connectivity index (χ4n) is 4.19. The minimum atomic E-state index is -3.69. The first-order valence-corrected chi connectivity index (χ1v) is 12.5. The molecular formula is C23H29N3O4S. The van der Waals surface area contributed by atoms with E-state index in [1.54, 1.807) is 34.8 Å². The van der Waals surface area contributed by atoms with Crippen LogP contribution in [-0.2, 0) is 21.4 Å². The molecule has 4 rings (SSSR count). The highest BCUT2D eigenvalue weighted by Gasteiger charge is 2.31. The standard InChI is InChI=1S/C23H29N3O4S/c27-23(30-18-20-9-3-4-12-24-20)19-10-11-21(25-13-5-1-6-14-25)22(17-19)31(28,29)26-15-7-2-8-16-26/h3-4,9-12,17H,1-2,5-8,13-16,18H2. The molecule has 1 aromatic carbocycles. The van der Waals surface area contributed by atoms with Crippen LogP contribution in [0.3, 0.4) is 0 Å². The van der Waals surface area contributed by atoms with Crippen molar-refractivity contribution in [2.24, 2.45) is 0 Å². The van der Waals surface area contributed by atoms with Crippen LogP contribution < -0.4 is 4.90 Å². The molecule has 2 aliphatic heterocycles. The Bertz CT molecular complexity index is 999. The fraction of sp³-hybridized carbons (Fsp3) is 0.478. The van der Waals surface area contributed by atoms with Crippen molar-refractivity contribution < 1.29 is 17.9 Å². The molecule has 0 bridgehead atoms. The Balaban J connectivity index is 1.63. The predicted octanol–water partition coefficient (Wildman–Crippen LogP) is 3.60. The Hall–Kier alpha value is -2.45. The largest absolute Gasteiger partial charge is 0.456 e. The Morgan fingerprint density at radius 3 is 2.32 bits per heavy atom. The summed E-state index contributed by atoms with van der Waals surface area (Å²) < 4.78 is 34.0. The number of hydrogen-bond acceptors (Lipinski definition) is 6. The molecule has 0 saturated carbocycles. The van der Waals surface area contributed by atoms with Crippen LogP contribution in [0.25, 0.3) is 0 Å². The topological polar surface area (TPSA) is 79.8 Å². The molecular weight excluding hydrogens is 414 g/mol. The molecule has 31 heavy (non-hydrogen) atoms. The van der Waals surface area contributed by atoms with E-state index in [0.29, 0.717) is 24.5 Å². The number of esters is 1. The Morgan fingerprint density at radius 2 is 1.65 bits per heavy atom. The molecule has 2 aromatic rings. The van der Waals surface area contributed by atoms with Gasteiger partial charge in [-0.15, -0.1) is 0 Å². The summed E-state index contributed by atoms with van der Waals surface area (Å²) in [6, 6.07) is 10.3. The molecule has 2 fully saturated rings. The zero-order valence-electron chi connectivity index (χ0n) is 17.7. The molecule has 8 heteroatoms. The Morgan fingerprint density at radius 1 is 0.935 bits per heavy atom.